The van der Waals surface area contributed by atoms with Crippen LogP contribution in [0.2, 0.25) is 0 Å². The summed E-state index contributed by atoms with van der Waals surface area (Å²) in [5.74, 6) is 0.658. The third-order valence-electron chi connectivity index (χ3n) is 2.55. The van der Waals surface area contributed by atoms with Crippen molar-refractivity contribution < 1.29 is 14.3 Å². The number of carboxylic acid groups (broad SMARTS) is 1. The first-order valence-corrected chi connectivity index (χ1v) is 5.48. The molecule has 0 aliphatic heterocycles. The maximum atomic E-state index is 10.8. The van der Waals surface area contributed by atoms with Crippen molar-refractivity contribution in [3.8, 4) is 0 Å². The molecule has 1 aromatic heterocycles. The summed E-state index contributed by atoms with van der Waals surface area (Å²) in [6.07, 6.45) is 0. The zero-order valence-corrected chi connectivity index (χ0v) is 9.93. The minimum Gasteiger partial charge on any atom is -0.478 e. The number of carbonyl (C=O) groups is 1. The quantitative estimate of drug-likeness (QED) is 0.721. The van der Waals surface area contributed by atoms with Crippen molar-refractivity contribution in [2.75, 3.05) is 11.1 Å². The predicted octanol–water partition coefficient (Wildman–Crippen LogP) is 2.48. The number of aryl methyl sites for hydroxylation is 1. The molecule has 0 saturated carbocycles. The number of furan rings is 1. The summed E-state index contributed by atoms with van der Waals surface area (Å²) in [6.45, 7) is 2.38. The second-order valence-corrected chi connectivity index (χ2v) is 3.97. The van der Waals surface area contributed by atoms with E-state index in [1.165, 1.54) is 12.1 Å². The normalized spacial score (nSPS) is 10.3. The van der Waals surface area contributed by atoms with E-state index in [1.807, 2.05) is 19.1 Å². The molecule has 5 nitrogen and oxygen atoms in total. The van der Waals surface area contributed by atoms with Gasteiger partial charge in [0, 0.05) is 0 Å². The maximum absolute atomic E-state index is 10.8. The van der Waals surface area contributed by atoms with Crippen molar-refractivity contribution in [1.82, 2.24) is 0 Å². The molecule has 0 spiro atoms. The minimum absolute atomic E-state index is 0.173. The topological polar surface area (TPSA) is 88.5 Å². The zero-order chi connectivity index (χ0) is 13.1. The summed E-state index contributed by atoms with van der Waals surface area (Å²) in [7, 11) is 0. The number of benzene rings is 1. The highest BCUT2D eigenvalue weighted by Gasteiger charge is 2.06. The third kappa shape index (κ3) is 2.63. The second-order valence-electron chi connectivity index (χ2n) is 3.97. The molecule has 2 aromatic rings. The monoisotopic (exact) mass is 246 g/mol. The van der Waals surface area contributed by atoms with E-state index in [4.69, 9.17) is 15.3 Å². The van der Waals surface area contributed by atoms with Crippen LogP contribution in [0.3, 0.4) is 0 Å². The van der Waals surface area contributed by atoms with Crippen molar-refractivity contribution in [3.05, 3.63) is 47.4 Å². The van der Waals surface area contributed by atoms with Crippen molar-refractivity contribution >= 4 is 17.3 Å². The van der Waals surface area contributed by atoms with Crippen LogP contribution >= 0.6 is 0 Å². The van der Waals surface area contributed by atoms with Gasteiger partial charge in [-0.25, -0.2) is 4.79 Å². The highest BCUT2D eigenvalue weighted by molar-refractivity contribution is 5.90. The summed E-state index contributed by atoms with van der Waals surface area (Å²) in [5.41, 5.74) is 7.04. The molecule has 0 atom stereocenters. The average Bonchev–Trinajstić information content (AvgIpc) is 2.73. The molecule has 2 rings (SSSR count). The Morgan fingerprint density at radius 3 is 2.72 bits per heavy atom. The summed E-state index contributed by atoms with van der Waals surface area (Å²) in [5, 5.41) is 11.9. The number of hydrogen-bond donors (Lipinski definition) is 3. The Morgan fingerprint density at radius 2 is 2.17 bits per heavy atom. The Hall–Kier alpha value is -2.43. The van der Waals surface area contributed by atoms with Gasteiger partial charge in [0.25, 0.3) is 0 Å². The van der Waals surface area contributed by atoms with Gasteiger partial charge >= 0.3 is 5.97 Å². The first-order valence-electron chi connectivity index (χ1n) is 5.48. The molecule has 94 valence electrons. The first-order chi connectivity index (χ1) is 8.56. The fourth-order valence-corrected chi connectivity index (χ4v) is 1.62. The van der Waals surface area contributed by atoms with E-state index in [9.17, 15) is 4.79 Å². The lowest BCUT2D eigenvalue weighted by atomic mass is 10.1. The van der Waals surface area contributed by atoms with Crippen molar-refractivity contribution in [3.63, 3.8) is 0 Å². The fraction of sp³-hybridized carbons (Fsp3) is 0.154. The fourth-order valence-electron chi connectivity index (χ4n) is 1.62. The first kappa shape index (κ1) is 12.0. The lowest BCUT2D eigenvalue weighted by Gasteiger charge is -2.08. The number of anilines is 2. The van der Waals surface area contributed by atoms with Crippen molar-refractivity contribution in [2.45, 2.75) is 13.5 Å². The van der Waals surface area contributed by atoms with E-state index < -0.39 is 5.97 Å². The van der Waals surface area contributed by atoms with Crippen LogP contribution in [0.15, 0.2) is 34.7 Å². The van der Waals surface area contributed by atoms with Crippen LogP contribution in [0.25, 0.3) is 0 Å². The predicted molar refractivity (Wildman–Crippen MR) is 68.6 cm³/mol. The van der Waals surface area contributed by atoms with E-state index in [-0.39, 0.29) is 5.56 Å². The van der Waals surface area contributed by atoms with Crippen LogP contribution in [0.5, 0.6) is 0 Å². The number of nitrogen functional groups attached to an aromatic ring is 1. The minimum atomic E-state index is -0.991. The van der Waals surface area contributed by atoms with E-state index in [1.54, 1.807) is 6.07 Å². The summed E-state index contributed by atoms with van der Waals surface area (Å²) < 4.78 is 5.41. The van der Waals surface area contributed by atoms with Crippen LogP contribution in [-0.4, -0.2) is 11.1 Å². The van der Waals surface area contributed by atoms with E-state index >= 15 is 0 Å². The van der Waals surface area contributed by atoms with Gasteiger partial charge < -0.3 is 20.6 Å². The van der Waals surface area contributed by atoms with Crippen molar-refractivity contribution in [2.24, 2.45) is 0 Å². The molecule has 0 unspecified atom stereocenters. The van der Waals surface area contributed by atoms with Crippen LogP contribution < -0.4 is 11.1 Å². The van der Waals surface area contributed by atoms with Gasteiger partial charge in [0.1, 0.15) is 11.5 Å². The van der Waals surface area contributed by atoms with E-state index in [0.29, 0.717) is 17.9 Å². The molecular weight excluding hydrogens is 232 g/mol. The lowest BCUT2D eigenvalue weighted by Crippen LogP contribution is -2.04. The van der Waals surface area contributed by atoms with Gasteiger partial charge in [-0.2, -0.15) is 0 Å². The summed E-state index contributed by atoms with van der Waals surface area (Å²) >= 11 is 0. The highest BCUT2D eigenvalue weighted by Crippen LogP contribution is 2.21. The van der Waals surface area contributed by atoms with Crippen LogP contribution in [0.1, 0.15) is 21.9 Å². The molecule has 0 fully saturated rings. The van der Waals surface area contributed by atoms with Crippen LogP contribution in [0, 0.1) is 6.92 Å². The standard InChI is InChI=1S/C13H14N2O3/c1-8-2-4-10(18-8)7-15-12-5-3-9(13(16)17)6-11(12)14/h2-6,15H,7,14H2,1H3,(H,16,17). The Kier molecular flexibility index (Phi) is 3.23. The number of hydrogen-bond acceptors (Lipinski definition) is 4. The Labute approximate surface area is 104 Å². The number of nitrogens with one attached hydrogen (secondary N) is 1. The smallest absolute Gasteiger partial charge is 0.335 e. The van der Waals surface area contributed by atoms with Gasteiger partial charge in [-0.05, 0) is 37.3 Å². The van der Waals surface area contributed by atoms with Crippen LogP contribution in [0.4, 0.5) is 11.4 Å². The molecule has 1 heterocycles. The van der Waals surface area contributed by atoms with Gasteiger partial charge in [0.05, 0.1) is 23.5 Å². The Bertz CT molecular complexity index is 575. The molecule has 0 aliphatic carbocycles. The van der Waals surface area contributed by atoms with Crippen molar-refractivity contribution in [1.29, 1.82) is 0 Å². The number of carboxylic acids is 1. The molecule has 0 amide bonds. The molecule has 5 heteroatoms. The molecule has 4 N–H and O–H groups in total. The summed E-state index contributed by atoms with van der Waals surface area (Å²) in [4.78, 5) is 10.8. The molecule has 0 aliphatic rings. The number of aromatic carboxylic acids is 1. The second kappa shape index (κ2) is 4.83. The van der Waals surface area contributed by atoms with Gasteiger partial charge in [-0.15, -0.1) is 0 Å². The third-order valence-corrected chi connectivity index (χ3v) is 2.55. The molecular formula is C13H14N2O3. The Balaban J connectivity index is 2.08. The molecule has 0 saturated heterocycles. The van der Waals surface area contributed by atoms with Gasteiger partial charge in [0.15, 0.2) is 0 Å². The van der Waals surface area contributed by atoms with Gasteiger partial charge in [-0.1, -0.05) is 0 Å². The largest absolute Gasteiger partial charge is 0.478 e. The maximum Gasteiger partial charge on any atom is 0.335 e. The molecule has 0 bridgehead atoms. The summed E-state index contributed by atoms with van der Waals surface area (Å²) in [6, 6.07) is 8.35. The zero-order valence-electron chi connectivity index (χ0n) is 9.93. The Morgan fingerprint density at radius 1 is 1.39 bits per heavy atom. The number of nitrogens with two attached hydrogens (primary N) is 1. The lowest BCUT2D eigenvalue weighted by molar-refractivity contribution is 0.0697. The van der Waals surface area contributed by atoms with E-state index in [2.05, 4.69) is 5.32 Å². The molecule has 18 heavy (non-hydrogen) atoms. The SMILES string of the molecule is Cc1ccc(CNc2ccc(C(=O)O)cc2N)o1. The van der Waals surface area contributed by atoms with Gasteiger partial charge in [0.2, 0.25) is 0 Å². The van der Waals surface area contributed by atoms with Gasteiger partial charge in [-0.3, -0.25) is 0 Å². The highest BCUT2D eigenvalue weighted by atomic mass is 16.4. The van der Waals surface area contributed by atoms with Crippen LogP contribution in [-0.2, 0) is 6.54 Å². The number of rotatable bonds is 4. The molecule has 1 aromatic carbocycles. The van der Waals surface area contributed by atoms with E-state index in [0.717, 1.165) is 11.5 Å². The average molecular weight is 246 g/mol. The molecule has 0 radical (unpaired) electrons.